The minimum absolute atomic E-state index is 0.0137. The van der Waals surface area contributed by atoms with Crippen LogP contribution in [0.25, 0.3) is 11.0 Å². The van der Waals surface area contributed by atoms with Crippen LogP contribution in [0.1, 0.15) is 15.9 Å². The molecule has 4 rings (SSSR count). The minimum Gasteiger partial charge on any atom is -0.434 e. The Kier molecular flexibility index (Phi) is 6.32. The van der Waals surface area contributed by atoms with Gasteiger partial charge in [-0.25, -0.2) is 13.2 Å². The lowest BCUT2D eigenvalue weighted by molar-refractivity contribution is -0.0504. The molecule has 0 aliphatic carbocycles. The monoisotopic (exact) mass is 488 g/mol. The Morgan fingerprint density at radius 2 is 1.68 bits per heavy atom. The number of carbonyl (C=O) groups excluding carboxylic acids is 1. The molecule has 0 saturated heterocycles. The highest BCUT2D eigenvalue weighted by Gasteiger charge is 2.20. The van der Waals surface area contributed by atoms with Gasteiger partial charge in [-0.05, 0) is 36.4 Å². The Labute approximate surface area is 191 Å². The standard InChI is InChI=1S/C22H18F2N4O5S/c23-21(24)33-19-8-4-1-5-13(19)12-25-20(29)15-6-2-3-7-16(15)28-34(31,32)14-9-10-17-18(11-14)27-22(30)26-17/h1-11,21,28H,12H2,(H,25,29)(H2,26,27,30). The lowest BCUT2D eigenvalue weighted by atomic mass is 10.1. The number of benzene rings is 3. The van der Waals surface area contributed by atoms with Crippen molar-refractivity contribution in [2.45, 2.75) is 18.1 Å². The molecule has 0 aliphatic rings. The first kappa shape index (κ1) is 23.0. The number of hydrogen-bond donors (Lipinski definition) is 4. The van der Waals surface area contributed by atoms with Crippen LogP contribution < -0.4 is 20.5 Å². The van der Waals surface area contributed by atoms with Gasteiger partial charge >= 0.3 is 12.3 Å². The number of hydrogen-bond acceptors (Lipinski definition) is 5. The summed E-state index contributed by atoms with van der Waals surface area (Å²) in [6.45, 7) is -3.14. The minimum atomic E-state index is -4.11. The molecule has 12 heteroatoms. The van der Waals surface area contributed by atoms with Crippen LogP contribution in [-0.2, 0) is 16.6 Å². The van der Waals surface area contributed by atoms with E-state index in [1.54, 1.807) is 18.2 Å². The van der Waals surface area contributed by atoms with Crippen molar-refractivity contribution >= 4 is 32.7 Å². The van der Waals surface area contributed by atoms with Crippen LogP contribution in [0.2, 0.25) is 0 Å². The molecule has 0 unspecified atom stereocenters. The van der Waals surface area contributed by atoms with E-state index in [-0.39, 0.29) is 28.4 Å². The molecule has 0 radical (unpaired) electrons. The highest BCUT2D eigenvalue weighted by molar-refractivity contribution is 7.92. The summed E-state index contributed by atoms with van der Waals surface area (Å²) >= 11 is 0. The quantitative estimate of drug-likeness (QED) is 0.302. The number of aromatic nitrogens is 2. The summed E-state index contributed by atoms with van der Waals surface area (Å²) in [7, 11) is -4.11. The Hall–Kier alpha value is -4.19. The second-order valence-corrected chi connectivity index (χ2v) is 8.79. The Morgan fingerprint density at radius 3 is 2.47 bits per heavy atom. The molecule has 0 fully saturated rings. The fraction of sp³-hybridized carbons (Fsp3) is 0.0909. The summed E-state index contributed by atoms with van der Waals surface area (Å²) in [4.78, 5) is 29.1. The van der Waals surface area contributed by atoms with E-state index in [9.17, 15) is 26.8 Å². The maximum absolute atomic E-state index is 12.9. The third-order valence-electron chi connectivity index (χ3n) is 4.84. The second-order valence-electron chi connectivity index (χ2n) is 7.11. The molecule has 1 amide bonds. The number of amides is 1. The number of sulfonamides is 1. The Morgan fingerprint density at radius 1 is 0.971 bits per heavy atom. The highest BCUT2D eigenvalue weighted by Crippen LogP contribution is 2.23. The van der Waals surface area contributed by atoms with Crippen molar-refractivity contribution in [1.82, 2.24) is 15.3 Å². The lowest BCUT2D eigenvalue weighted by Crippen LogP contribution is -2.25. The van der Waals surface area contributed by atoms with E-state index in [2.05, 4.69) is 24.7 Å². The topological polar surface area (TPSA) is 133 Å². The van der Waals surface area contributed by atoms with Gasteiger partial charge < -0.3 is 20.0 Å². The van der Waals surface area contributed by atoms with E-state index in [1.807, 2.05) is 0 Å². The van der Waals surface area contributed by atoms with Crippen molar-refractivity contribution < 1.29 is 26.7 Å². The molecule has 34 heavy (non-hydrogen) atoms. The van der Waals surface area contributed by atoms with Gasteiger partial charge in [0.05, 0.1) is 27.2 Å². The molecule has 0 aliphatic heterocycles. The van der Waals surface area contributed by atoms with Crippen LogP contribution in [0.4, 0.5) is 14.5 Å². The molecule has 0 spiro atoms. The van der Waals surface area contributed by atoms with E-state index in [0.717, 1.165) is 0 Å². The number of fused-ring (bicyclic) bond motifs is 1. The summed E-state index contributed by atoms with van der Waals surface area (Å²) in [5.41, 5.74) is 0.640. The van der Waals surface area contributed by atoms with E-state index in [0.29, 0.717) is 16.6 Å². The van der Waals surface area contributed by atoms with Crippen LogP contribution in [0.15, 0.2) is 76.4 Å². The first-order valence-electron chi connectivity index (χ1n) is 9.88. The first-order chi connectivity index (χ1) is 16.2. The molecule has 3 aromatic carbocycles. The van der Waals surface area contributed by atoms with E-state index in [1.165, 1.54) is 48.5 Å². The van der Waals surface area contributed by atoms with Crippen LogP contribution in [0.3, 0.4) is 0 Å². The zero-order valence-electron chi connectivity index (χ0n) is 17.3. The fourth-order valence-corrected chi connectivity index (χ4v) is 4.39. The molecule has 1 aromatic heterocycles. The van der Waals surface area contributed by atoms with Gasteiger partial charge in [0.25, 0.3) is 15.9 Å². The largest absolute Gasteiger partial charge is 0.434 e. The van der Waals surface area contributed by atoms with Crippen LogP contribution in [-0.4, -0.2) is 30.9 Å². The number of alkyl halides is 2. The van der Waals surface area contributed by atoms with E-state index >= 15 is 0 Å². The third kappa shape index (κ3) is 5.07. The number of H-pyrrole nitrogens is 2. The molecule has 9 nitrogen and oxygen atoms in total. The normalized spacial score (nSPS) is 11.5. The number of imidazole rings is 1. The van der Waals surface area contributed by atoms with Crippen LogP contribution in [0, 0.1) is 0 Å². The zero-order valence-corrected chi connectivity index (χ0v) is 18.2. The van der Waals surface area contributed by atoms with Crippen molar-refractivity contribution in [2.24, 2.45) is 0 Å². The fourth-order valence-electron chi connectivity index (χ4n) is 3.28. The maximum atomic E-state index is 12.9. The van der Waals surface area contributed by atoms with Crippen molar-refractivity contribution in [3.63, 3.8) is 0 Å². The average molecular weight is 488 g/mol. The van der Waals surface area contributed by atoms with Crippen molar-refractivity contribution in [2.75, 3.05) is 4.72 Å². The number of aromatic amines is 2. The zero-order chi connectivity index (χ0) is 24.3. The number of rotatable bonds is 8. The first-order valence-corrected chi connectivity index (χ1v) is 11.4. The predicted molar refractivity (Wildman–Crippen MR) is 120 cm³/mol. The number of para-hydroxylation sites is 2. The van der Waals surface area contributed by atoms with Gasteiger partial charge in [0.1, 0.15) is 5.75 Å². The highest BCUT2D eigenvalue weighted by atomic mass is 32.2. The molecular weight excluding hydrogens is 470 g/mol. The molecule has 0 bridgehead atoms. The van der Waals surface area contributed by atoms with Gasteiger partial charge in [0, 0.05) is 12.1 Å². The molecule has 0 saturated carbocycles. The molecule has 176 valence electrons. The van der Waals surface area contributed by atoms with Gasteiger partial charge in [-0.15, -0.1) is 0 Å². The average Bonchev–Trinajstić information content (AvgIpc) is 3.17. The Balaban J connectivity index is 1.54. The number of anilines is 1. The smallest absolute Gasteiger partial charge is 0.387 e. The van der Waals surface area contributed by atoms with E-state index < -0.39 is 28.2 Å². The molecule has 1 heterocycles. The summed E-state index contributed by atoms with van der Waals surface area (Å²) < 4.78 is 57.9. The summed E-state index contributed by atoms with van der Waals surface area (Å²) in [6, 6.07) is 16.0. The lowest BCUT2D eigenvalue weighted by Gasteiger charge is -2.14. The SMILES string of the molecule is O=C(NCc1ccccc1OC(F)F)c1ccccc1NS(=O)(=O)c1ccc2[nH]c(=O)[nH]c2c1. The number of ether oxygens (including phenoxy) is 1. The van der Waals surface area contributed by atoms with Gasteiger partial charge in [-0.2, -0.15) is 8.78 Å². The Bertz CT molecular complexity index is 1520. The van der Waals surface area contributed by atoms with Crippen molar-refractivity contribution in [3.05, 3.63) is 88.3 Å². The third-order valence-corrected chi connectivity index (χ3v) is 6.20. The van der Waals surface area contributed by atoms with Crippen LogP contribution in [0.5, 0.6) is 5.75 Å². The molecule has 4 aromatic rings. The summed E-state index contributed by atoms with van der Waals surface area (Å²) in [6.07, 6.45) is 0. The van der Waals surface area contributed by atoms with Crippen molar-refractivity contribution in [3.8, 4) is 5.75 Å². The second kappa shape index (κ2) is 9.35. The number of carbonyl (C=O) groups is 1. The maximum Gasteiger partial charge on any atom is 0.387 e. The summed E-state index contributed by atoms with van der Waals surface area (Å²) in [5, 5.41) is 2.58. The molecule has 0 atom stereocenters. The van der Waals surface area contributed by atoms with Gasteiger partial charge in [-0.3, -0.25) is 9.52 Å². The summed E-state index contributed by atoms with van der Waals surface area (Å²) in [5.74, 6) is -0.708. The van der Waals surface area contributed by atoms with Gasteiger partial charge in [-0.1, -0.05) is 30.3 Å². The van der Waals surface area contributed by atoms with Crippen LogP contribution >= 0.6 is 0 Å². The van der Waals surface area contributed by atoms with Gasteiger partial charge in [0.15, 0.2) is 0 Å². The molecular formula is C22H18F2N4O5S. The number of halogens is 2. The molecule has 4 N–H and O–H groups in total. The van der Waals surface area contributed by atoms with Gasteiger partial charge in [0.2, 0.25) is 0 Å². The number of nitrogens with one attached hydrogen (secondary N) is 4. The van der Waals surface area contributed by atoms with Crippen molar-refractivity contribution in [1.29, 1.82) is 0 Å². The predicted octanol–water partition coefficient (Wildman–Crippen LogP) is 3.19. The van der Waals surface area contributed by atoms with E-state index in [4.69, 9.17) is 0 Å².